The summed E-state index contributed by atoms with van der Waals surface area (Å²) >= 11 is 0. The zero-order chi connectivity index (χ0) is 20.3. The minimum atomic E-state index is -0.281. The number of para-hydroxylation sites is 1. The van der Waals surface area contributed by atoms with Gasteiger partial charge in [-0.25, -0.2) is 5.43 Å². The van der Waals surface area contributed by atoms with Crippen LogP contribution in [0.5, 0.6) is 11.5 Å². The van der Waals surface area contributed by atoms with Gasteiger partial charge in [0.2, 0.25) is 0 Å². The third-order valence-corrected chi connectivity index (χ3v) is 4.11. The first-order valence-corrected chi connectivity index (χ1v) is 9.37. The quantitative estimate of drug-likeness (QED) is 0.341. The van der Waals surface area contributed by atoms with E-state index in [1.54, 1.807) is 30.7 Å². The number of pyridine rings is 1. The van der Waals surface area contributed by atoms with E-state index < -0.39 is 0 Å². The number of nitrogens with one attached hydrogen (secondary N) is 1. The number of hydrazone groups is 1. The highest BCUT2D eigenvalue weighted by Crippen LogP contribution is 2.16. The Morgan fingerprint density at radius 1 is 1.00 bits per heavy atom. The summed E-state index contributed by atoms with van der Waals surface area (Å²) in [6.45, 7) is 3.20. The summed E-state index contributed by atoms with van der Waals surface area (Å²) in [6, 6.07) is 18.7. The van der Waals surface area contributed by atoms with Crippen molar-refractivity contribution in [3.05, 3.63) is 89.7 Å². The Morgan fingerprint density at radius 2 is 1.72 bits per heavy atom. The zero-order valence-corrected chi connectivity index (χ0v) is 16.2. The van der Waals surface area contributed by atoms with E-state index in [-0.39, 0.29) is 5.91 Å². The Bertz CT molecular complexity index is 941. The molecule has 0 fully saturated rings. The van der Waals surface area contributed by atoms with E-state index in [1.807, 2.05) is 55.5 Å². The van der Waals surface area contributed by atoms with Crippen LogP contribution < -0.4 is 14.9 Å². The van der Waals surface area contributed by atoms with Crippen LogP contribution in [0.4, 0.5) is 0 Å². The summed E-state index contributed by atoms with van der Waals surface area (Å²) in [5, 5.41) is 3.97. The van der Waals surface area contributed by atoms with E-state index in [2.05, 4.69) is 15.5 Å². The zero-order valence-electron chi connectivity index (χ0n) is 16.2. The van der Waals surface area contributed by atoms with Gasteiger partial charge in [0.15, 0.2) is 0 Å². The summed E-state index contributed by atoms with van der Waals surface area (Å²) in [5.41, 5.74) is 4.98. The minimum Gasteiger partial charge on any atom is -0.493 e. The van der Waals surface area contributed by atoms with Crippen LogP contribution in [0.3, 0.4) is 0 Å². The molecular formula is C23H23N3O3. The maximum Gasteiger partial charge on any atom is 0.271 e. The van der Waals surface area contributed by atoms with Gasteiger partial charge in [-0.1, -0.05) is 18.2 Å². The van der Waals surface area contributed by atoms with Crippen molar-refractivity contribution in [2.24, 2.45) is 5.10 Å². The SMILES string of the molecule is Cc1ccccc1OCCCOc1ccc(/C=N/NC(=O)c2ccncc2)cc1. The maximum absolute atomic E-state index is 11.9. The van der Waals surface area contributed by atoms with E-state index in [1.165, 1.54) is 0 Å². The predicted molar refractivity (Wildman–Crippen MR) is 113 cm³/mol. The molecule has 0 atom stereocenters. The van der Waals surface area contributed by atoms with Gasteiger partial charge >= 0.3 is 0 Å². The highest BCUT2D eigenvalue weighted by Gasteiger charge is 2.02. The van der Waals surface area contributed by atoms with Crippen molar-refractivity contribution >= 4 is 12.1 Å². The third-order valence-electron chi connectivity index (χ3n) is 4.11. The van der Waals surface area contributed by atoms with Crippen molar-refractivity contribution in [2.45, 2.75) is 13.3 Å². The van der Waals surface area contributed by atoms with Crippen LogP contribution in [-0.2, 0) is 0 Å². The van der Waals surface area contributed by atoms with E-state index in [0.717, 1.165) is 29.0 Å². The van der Waals surface area contributed by atoms with Gasteiger partial charge in [-0.05, 0) is 60.5 Å². The normalized spacial score (nSPS) is 10.7. The minimum absolute atomic E-state index is 0.281. The molecule has 29 heavy (non-hydrogen) atoms. The van der Waals surface area contributed by atoms with Gasteiger partial charge in [0.05, 0.1) is 19.4 Å². The van der Waals surface area contributed by atoms with Crippen molar-refractivity contribution in [1.82, 2.24) is 10.4 Å². The van der Waals surface area contributed by atoms with Crippen LogP contribution in [0.2, 0.25) is 0 Å². The summed E-state index contributed by atoms with van der Waals surface area (Å²) in [6.07, 6.45) is 5.50. The fourth-order valence-electron chi connectivity index (χ4n) is 2.53. The first-order valence-electron chi connectivity index (χ1n) is 9.37. The molecule has 0 unspecified atom stereocenters. The van der Waals surface area contributed by atoms with Gasteiger partial charge in [-0.3, -0.25) is 9.78 Å². The topological polar surface area (TPSA) is 72.8 Å². The van der Waals surface area contributed by atoms with Crippen molar-refractivity contribution in [3.8, 4) is 11.5 Å². The molecule has 1 N–H and O–H groups in total. The van der Waals surface area contributed by atoms with Crippen LogP contribution in [0, 0.1) is 6.92 Å². The second kappa shape index (κ2) is 10.6. The van der Waals surface area contributed by atoms with Gasteiger partial charge < -0.3 is 9.47 Å². The fourth-order valence-corrected chi connectivity index (χ4v) is 2.53. The highest BCUT2D eigenvalue weighted by atomic mass is 16.5. The van der Waals surface area contributed by atoms with Gasteiger partial charge in [-0.15, -0.1) is 0 Å². The number of aryl methyl sites for hydroxylation is 1. The van der Waals surface area contributed by atoms with E-state index in [0.29, 0.717) is 18.8 Å². The molecule has 1 heterocycles. The molecule has 1 aromatic heterocycles. The first kappa shape index (κ1) is 20.1. The van der Waals surface area contributed by atoms with Crippen LogP contribution in [-0.4, -0.2) is 30.3 Å². The molecule has 0 spiro atoms. The van der Waals surface area contributed by atoms with Crippen molar-refractivity contribution in [3.63, 3.8) is 0 Å². The molecule has 0 aliphatic heterocycles. The summed E-state index contributed by atoms with van der Waals surface area (Å²) in [7, 11) is 0. The Hall–Kier alpha value is -3.67. The average molecular weight is 389 g/mol. The second-order valence-corrected chi connectivity index (χ2v) is 6.32. The monoisotopic (exact) mass is 389 g/mol. The smallest absolute Gasteiger partial charge is 0.271 e. The lowest BCUT2D eigenvalue weighted by Crippen LogP contribution is -2.17. The first-order chi connectivity index (χ1) is 14.2. The number of carbonyl (C=O) groups excluding carboxylic acids is 1. The lowest BCUT2D eigenvalue weighted by Gasteiger charge is -2.09. The Morgan fingerprint density at radius 3 is 2.48 bits per heavy atom. The molecule has 1 amide bonds. The average Bonchev–Trinajstić information content (AvgIpc) is 2.76. The van der Waals surface area contributed by atoms with E-state index in [9.17, 15) is 4.79 Å². The van der Waals surface area contributed by atoms with Crippen LogP contribution in [0.15, 0.2) is 78.2 Å². The number of nitrogens with zero attached hydrogens (tertiary/aromatic N) is 2. The van der Waals surface area contributed by atoms with Gasteiger partial charge in [-0.2, -0.15) is 5.10 Å². The number of ether oxygens (including phenoxy) is 2. The van der Waals surface area contributed by atoms with Crippen molar-refractivity contribution in [2.75, 3.05) is 13.2 Å². The number of rotatable bonds is 9. The fraction of sp³-hybridized carbons (Fsp3) is 0.174. The summed E-state index contributed by atoms with van der Waals surface area (Å²) in [4.78, 5) is 15.8. The van der Waals surface area contributed by atoms with Crippen molar-refractivity contribution in [1.29, 1.82) is 0 Å². The second-order valence-electron chi connectivity index (χ2n) is 6.32. The molecule has 0 saturated carbocycles. The summed E-state index contributed by atoms with van der Waals surface area (Å²) < 4.78 is 11.5. The van der Waals surface area contributed by atoms with E-state index in [4.69, 9.17) is 9.47 Å². The van der Waals surface area contributed by atoms with Gasteiger partial charge in [0, 0.05) is 24.4 Å². The number of carbonyl (C=O) groups is 1. The number of hydrogen-bond acceptors (Lipinski definition) is 5. The molecule has 0 saturated heterocycles. The molecular weight excluding hydrogens is 366 g/mol. The molecule has 0 aliphatic carbocycles. The number of amides is 1. The molecule has 3 rings (SSSR count). The molecule has 0 bridgehead atoms. The predicted octanol–water partition coefficient (Wildman–Crippen LogP) is 4.00. The molecule has 6 heteroatoms. The molecule has 6 nitrogen and oxygen atoms in total. The molecule has 0 radical (unpaired) electrons. The molecule has 3 aromatic rings. The Labute approximate surface area is 170 Å². The van der Waals surface area contributed by atoms with Crippen molar-refractivity contribution < 1.29 is 14.3 Å². The van der Waals surface area contributed by atoms with Gasteiger partial charge in [0.1, 0.15) is 11.5 Å². The Balaban J connectivity index is 1.37. The lowest BCUT2D eigenvalue weighted by molar-refractivity contribution is 0.0955. The summed E-state index contributed by atoms with van der Waals surface area (Å²) in [5.74, 6) is 1.41. The highest BCUT2D eigenvalue weighted by molar-refractivity contribution is 5.94. The largest absolute Gasteiger partial charge is 0.493 e. The maximum atomic E-state index is 11.9. The molecule has 0 aliphatic rings. The Kier molecular flexibility index (Phi) is 7.34. The number of hydrogen-bond donors (Lipinski definition) is 1. The number of aromatic nitrogens is 1. The van der Waals surface area contributed by atoms with Gasteiger partial charge in [0.25, 0.3) is 5.91 Å². The van der Waals surface area contributed by atoms with E-state index >= 15 is 0 Å². The van der Waals surface area contributed by atoms with Crippen LogP contribution in [0.1, 0.15) is 27.9 Å². The van der Waals surface area contributed by atoms with Crippen LogP contribution >= 0.6 is 0 Å². The van der Waals surface area contributed by atoms with Crippen LogP contribution in [0.25, 0.3) is 0 Å². The molecule has 148 valence electrons. The standard InChI is InChI=1S/C23H23N3O3/c1-18-5-2-3-6-22(18)29-16-4-15-28-21-9-7-19(8-10-21)17-25-26-23(27)20-11-13-24-14-12-20/h2-3,5-14,17H,4,15-16H2,1H3,(H,26,27)/b25-17+. The lowest BCUT2D eigenvalue weighted by atomic mass is 10.2. The third kappa shape index (κ3) is 6.46. The number of benzene rings is 2. The molecule has 2 aromatic carbocycles.